The van der Waals surface area contributed by atoms with Crippen LogP contribution in [0.2, 0.25) is 0 Å². The molecule has 2 aromatic rings. The molecule has 0 atom stereocenters. The normalized spacial score (nSPS) is 11.2. The molecule has 0 radical (unpaired) electrons. The van der Waals surface area contributed by atoms with Crippen molar-refractivity contribution >= 4 is 44.2 Å². The molecule has 25 heavy (non-hydrogen) atoms. The van der Waals surface area contributed by atoms with E-state index in [1.807, 2.05) is 32.9 Å². The van der Waals surface area contributed by atoms with E-state index in [0.29, 0.717) is 11.7 Å². The van der Waals surface area contributed by atoms with Crippen LogP contribution < -0.4 is 10.6 Å². The fourth-order valence-corrected chi connectivity index (χ4v) is 3.11. The average Bonchev–Trinajstić information content (AvgIpc) is 2.95. The van der Waals surface area contributed by atoms with Gasteiger partial charge in [-0.3, -0.25) is 9.59 Å². The molecule has 0 fully saturated rings. The van der Waals surface area contributed by atoms with Gasteiger partial charge in [-0.05, 0) is 17.7 Å². The van der Waals surface area contributed by atoms with E-state index in [4.69, 9.17) is 0 Å². The number of amides is 2. The second-order valence-corrected chi connectivity index (χ2v) is 8.77. The third kappa shape index (κ3) is 6.59. The highest BCUT2D eigenvalue weighted by Crippen LogP contribution is 2.22. The second kappa shape index (κ2) is 8.58. The molecule has 5 nitrogen and oxygen atoms in total. The maximum Gasteiger partial charge on any atom is 0.227 e. The van der Waals surface area contributed by atoms with Gasteiger partial charge in [0.15, 0.2) is 5.13 Å². The van der Waals surface area contributed by atoms with Crippen molar-refractivity contribution in [3.63, 3.8) is 0 Å². The second-order valence-electron chi connectivity index (χ2n) is 6.74. The van der Waals surface area contributed by atoms with E-state index in [2.05, 4.69) is 43.7 Å². The van der Waals surface area contributed by atoms with Gasteiger partial charge in [0, 0.05) is 40.3 Å². The zero-order valence-corrected chi connectivity index (χ0v) is 17.0. The Bertz CT molecular complexity index is 736. The van der Waals surface area contributed by atoms with Crippen LogP contribution in [0.3, 0.4) is 0 Å². The predicted molar refractivity (Wildman–Crippen MR) is 105 cm³/mol. The molecule has 0 saturated heterocycles. The van der Waals surface area contributed by atoms with Crippen molar-refractivity contribution in [1.29, 1.82) is 0 Å². The van der Waals surface area contributed by atoms with Crippen LogP contribution in [0.5, 0.6) is 0 Å². The maximum absolute atomic E-state index is 11.9. The molecule has 1 aromatic heterocycles. The molecule has 0 saturated carbocycles. The van der Waals surface area contributed by atoms with Crippen molar-refractivity contribution in [1.82, 2.24) is 10.3 Å². The molecule has 0 unspecified atom stereocenters. The van der Waals surface area contributed by atoms with Gasteiger partial charge in [-0.15, -0.1) is 11.3 Å². The number of halogens is 1. The van der Waals surface area contributed by atoms with Gasteiger partial charge in [0.1, 0.15) is 0 Å². The number of hydrogen-bond acceptors (Lipinski definition) is 4. The Hall–Kier alpha value is -1.73. The lowest BCUT2D eigenvalue weighted by Gasteiger charge is -2.17. The first-order valence-corrected chi connectivity index (χ1v) is 9.62. The van der Waals surface area contributed by atoms with Crippen molar-refractivity contribution in [2.75, 3.05) is 11.9 Å². The van der Waals surface area contributed by atoms with Gasteiger partial charge >= 0.3 is 0 Å². The first-order chi connectivity index (χ1) is 11.7. The Kier molecular flexibility index (Phi) is 6.72. The molecular formula is C18H22BrN3O2S. The molecule has 1 heterocycles. The Balaban J connectivity index is 1.79. The van der Waals surface area contributed by atoms with Gasteiger partial charge in [0.05, 0.1) is 0 Å². The Morgan fingerprint density at radius 1 is 1.20 bits per heavy atom. The van der Waals surface area contributed by atoms with Gasteiger partial charge in [-0.1, -0.05) is 48.8 Å². The molecule has 0 aliphatic carbocycles. The number of thiazole rings is 1. The van der Waals surface area contributed by atoms with Crippen LogP contribution in [0, 0.1) is 5.41 Å². The maximum atomic E-state index is 11.9. The van der Waals surface area contributed by atoms with Gasteiger partial charge in [-0.2, -0.15) is 0 Å². The van der Waals surface area contributed by atoms with E-state index in [-0.39, 0.29) is 18.2 Å². The standard InChI is InChI=1S/C18H22BrN3O2S/c1-18(2,3)16(24)20-9-8-15(23)22-17-21-11-14(25-17)10-12-4-6-13(19)7-5-12/h4-7,11H,8-10H2,1-3H3,(H,20,24)(H,21,22,23). The van der Waals surface area contributed by atoms with Gasteiger partial charge in [0.2, 0.25) is 11.8 Å². The van der Waals surface area contributed by atoms with E-state index in [1.165, 1.54) is 16.9 Å². The summed E-state index contributed by atoms with van der Waals surface area (Å²) < 4.78 is 1.05. The largest absolute Gasteiger partial charge is 0.355 e. The third-order valence-electron chi connectivity index (χ3n) is 3.41. The van der Waals surface area contributed by atoms with Gasteiger partial charge in [-0.25, -0.2) is 4.98 Å². The van der Waals surface area contributed by atoms with Crippen LogP contribution >= 0.6 is 27.3 Å². The molecule has 2 amide bonds. The molecule has 0 spiro atoms. The van der Waals surface area contributed by atoms with Crippen molar-refractivity contribution in [2.24, 2.45) is 5.41 Å². The fraction of sp³-hybridized carbons (Fsp3) is 0.389. The summed E-state index contributed by atoms with van der Waals surface area (Å²) in [6.07, 6.45) is 2.79. The van der Waals surface area contributed by atoms with Gasteiger partial charge in [0.25, 0.3) is 0 Å². The van der Waals surface area contributed by atoms with Crippen LogP contribution in [0.4, 0.5) is 5.13 Å². The summed E-state index contributed by atoms with van der Waals surface area (Å²) in [7, 11) is 0. The summed E-state index contributed by atoms with van der Waals surface area (Å²) in [6, 6.07) is 8.12. The van der Waals surface area contributed by atoms with Gasteiger partial charge < -0.3 is 10.6 Å². The first-order valence-electron chi connectivity index (χ1n) is 8.01. The zero-order valence-electron chi connectivity index (χ0n) is 14.6. The van der Waals surface area contributed by atoms with Crippen molar-refractivity contribution in [2.45, 2.75) is 33.6 Å². The highest BCUT2D eigenvalue weighted by Gasteiger charge is 2.20. The number of benzene rings is 1. The Morgan fingerprint density at radius 2 is 1.88 bits per heavy atom. The van der Waals surface area contributed by atoms with E-state index >= 15 is 0 Å². The number of carbonyl (C=O) groups is 2. The molecule has 0 bridgehead atoms. The molecular weight excluding hydrogens is 402 g/mol. The smallest absolute Gasteiger partial charge is 0.227 e. The number of nitrogens with one attached hydrogen (secondary N) is 2. The molecule has 0 aliphatic rings. The van der Waals surface area contributed by atoms with E-state index in [0.717, 1.165) is 15.8 Å². The molecule has 2 N–H and O–H groups in total. The van der Waals surface area contributed by atoms with Crippen LogP contribution in [-0.2, 0) is 16.0 Å². The first kappa shape index (κ1) is 19.6. The lowest BCUT2D eigenvalue weighted by Crippen LogP contribution is -2.36. The SMILES string of the molecule is CC(C)(C)C(=O)NCCC(=O)Nc1ncc(Cc2ccc(Br)cc2)s1. The number of hydrogen-bond donors (Lipinski definition) is 2. The monoisotopic (exact) mass is 423 g/mol. The minimum Gasteiger partial charge on any atom is -0.355 e. The van der Waals surface area contributed by atoms with Crippen molar-refractivity contribution < 1.29 is 9.59 Å². The van der Waals surface area contributed by atoms with Crippen LogP contribution in [0.15, 0.2) is 34.9 Å². The quantitative estimate of drug-likeness (QED) is 0.737. The Labute approximate surface area is 160 Å². The Morgan fingerprint density at radius 3 is 2.52 bits per heavy atom. The van der Waals surface area contributed by atoms with Crippen molar-refractivity contribution in [3.8, 4) is 0 Å². The highest BCUT2D eigenvalue weighted by molar-refractivity contribution is 9.10. The number of rotatable bonds is 6. The molecule has 1 aromatic carbocycles. The summed E-state index contributed by atoms with van der Waals surface area (Å²) in [5.74, 6) is -0.218. The van der Waals surface area contributed by atoms with E-state index < -0.39 is 5.41 Å². The summed E-state index contributed by atoms with van der Waals surface area (Å²) >= 11 is 4.88. The fourth-order valence-electron chi connectivity index (χ4n) is 1.99. The number of carbonyl (C=O) groups excluding carboxylic acids is 2. The van der Waals surface area contributed by atoms with Crippen LogP contribution in [0.1, 0.15) is 37.6 Å². The molecule has 2 rings (SSSR count). The summed E-state index contributed by atoms with van der Waals surface area (Å²) in [6.45, 7) is 5.83. The van der Waals surface area contributed by atoms with Crippen LogP contribution in [-0.4, -0.2) is 23.3 Å². The topological polar surface area (TPSA) is 71.1 Å². The summed E-state index contributed by atoms with van der Waals surface area (Å²) in [5.41, 5.74) is 0.739. The molecule has 134 valence electrons. The van der Waals surface area contributed by atoms with E-state index in [9.17, 15) is 9.59 Å². The summed E-state index contributed by atoms with van der Waals surface area (Å²) in [5, 5.41) is 6.12. The van der Waals surface area contributed by atoms with Crippen LogP contribution in [0.25, 0.3) is 0 Å². The minimum absolute atomic E-state index is 0.0636. The third-order valence-corrected chi connectivity index (χ3v) is 4.85. The lowest BCUT2D eigenvalue weighted by molar-refractivity contribution is -0.128. The van der Waals surface area contributed by atoms with E-state index in [1.54, 1.807) is 6.20 Å². The highest BCUT2D eigenvalue weighted by atomic mass is 79.9. The lowest BCUT2D eigenvalue weighted by atomic mass is 9.96. The predicted octanol–water partition coefficient (Wildman–Crippen LogP) is 3.99. The molecule has 0 aliphatic heterocycles. The molecule has 7 heteroatoms. The zero-order chi connectivity index (χ0) is 18.4. The average molecular weight is 424 g/mol. The number of anilines is 1. The number of aromatic nitrogens is 1. The minimum atomic E-state index is -0.451. The van der Waals surface area contributed by atoms with Crippen molar-refractivity contribution in [3.05, 3.63) is 45.4 Å². The number of nitrogens with zero attached hydrogens (tertiary/aromatic N) is 1. The summed E-state index contributed by atoms with van der Waals surface area (Å²) in [4.78, 5) is 29.0.